The third-order valence-electron chi connectivity index (χ3n) is 3.90. The molecule has 0 aliphatic heterocycles. The van der Waals surface area contributed by atoms with Gasteiger partial charge in [-0.25, -0.2) is 4.98 Å². The van der Waals surface area contributed by atoms with Crippen LogP contribution in [-0.2, 0) is 29.1 Å². The summed E-state index contributed by atoms with van der Waals surface area (Å²) in [7, 11) is 0. The number of benzene rings is 2. The molecule has 1 heterocycles. The normalized spacial score (nSPS) is 10.7. The Kier molecular flexibility index (Phi) is 6.17. The summed E-state index contributed by atoms with van der Waals surface area (Å²) in [6.45, 7) is 3.77. The van der Waals surface area contributed by atoms with E-state index in [0.29, 0.717) is 31.3 Å². The summed E-state index contributed by atoms with van der Waals surface area (Å²) in [5.74, 6) is 0.439. The van der Waals surface area contributed by atoms with Crippen LogP contribution in [0.15, 0.2) is 65.3 Å². The zero-order valence-corrected chi connectivity index (χ0v) is 14.8. The average Bonchev–Trinajstić information content (AvgIpc) is 3.14. The highest BCUT2D eigenvalue weighted by molar-refractivity contribution is 5.78. The Bertz CT molecular complexity index is 826. The number of ether oxygens (including phenoxy) is 1. The Labute approximate surface area is 153 Å². The standard InChI is InChI=1S/C21H22N2O3/c1-2-25-14-17-10-8-16(9-11-17)13-22-20(24)12-19-15-26-21(23-19)18-6-4-3-5-7-18/h3-11,15H,2,12-14H2,1H3,(H,22,24). The first-order valence-electron chi connectivity index (χ1n) is 8.66. The van der Waals surface area contributed by atoms with E-state index in [0.717, 1.165) is 16.7 Å². The van der Waals surface area contributed by atoms with Crippen LogP contribution in [-0.4, -0.2) is 17.5 Å². The van der Waals surface area contributed by atoms with E-state index in [9.17, 15) is 4.79 Å². The van der Waals surface area contributed by atoms with Gasteiger partial charge in [0.15, 0.2) is 0 Å². The second-order valence-corrected chi connectivity index (χ2v) is 5.92. The molecule has 0 spiro atoms. The zero-order valence-electron chi connectivity index (χ0n) is 14.8. The largest absolute Gasteiger partial charge is 0.444 e. The topological polar surface area (TPSA) is 64.4 Å². The van der Waals surface area contributed by atoms with Gasteiger partial charge in [-0.3, -0.25) is 4.79 Å². The van der Waals surface area contributed by atoms with E-state index in [1.54, 1.807) is 0 Å². The fraction of sp³-hybridized carbons (Fsp3) is 0.238. The molecular weight excluding hydrogens is 328 g/mol. The summed E-state index contributed by atoms with van der Waals surface area (Å²) in [5, 5.41) is 2.91. The molecule has 0 saturated heterocycles. The van der Waals surface area contributed by atoms with Crippen LogP contribution in [0.2, 0.25) is 0 Å². The molecule has 0 fully saturated rings. The van der Waals surface area contributed by atoms with E-state index >= 15 is 0 Å². The van der Waals surface area contributed by atoms with Gasteiger partial charge in [-0.05, 0) is 30.2 Å². The van der Waals surface area contributed by atoms with E-state index in [-0.39, 0.29) is 12.3 Å². The smallest absolute Gasteiger partial charge is 0.226 e. The summed E-state index contributed by atoms with van der Waals surface area (Å²) < 4.78 is 10.8. The summed E-state index contributed by atoms with van der Waals surface area (Å²) in [6.07, 6.45) is 1.73. The van der Waals surface area contributed by atoms with Crippen molar-refractivity contribution < 1.29 is 13.9 Å². The van der Waals surface area contributed by atoms with Gasteiger partial charge >= 0.3 is 0 Å². The van der Waals surface area contributed by atoms with Gasteiger partial charge in [0.05, 0.1) is 18.7 Å². The van der Waals surface area contributed by atoms with E-state index in [4.69, 9.17) is 9.15 Å². The Morgan fingerprint density at radius 2 is 1.81 bits per heavy atom. The van der Waals surface area contributed by atoms with Crippen LogP contribution in [0.25, 0.3) is 11.5 Å². The first-order chi connectivity index (χ1) is 12.7. The molecule has 1 aromatic heterocycles. The van der Waals surface area contributed by atoms with Gasteiger partial charge < -0.3 is 14.5 Å². The third-order valence-corrected chi connectivity index (χ3v) is 3.90. The number of nitrogens with one attached hydrogen (secondary N) is 1. The number of aromatic nitrogens is 1. The molecule has 0 unspecified atom stereocenters. The molecule has 5 heteroatoms. The van der Waals surface area contributed by atoms with Crippen molar-refractivity contribution in [2.24, 2.45) is 0 Å². The molecular formula is C21H22N2O3. The number of carbonyl (C=O) groups is 1. The Hall–Kier alpha value is -2.92. The van der Waals surface area contributed by atoms with Crippen molar-refractivity contribution in [1.29, 1.82) is 0 Å². The molecule has 1 amide bonds. The van der Waals surface area contributed by atoms with Gasteiger partial charge in [0.25, 0.3) is 0 Å². The molecule has 0 atom stereocenters. The van der Waals surface area contributed by atoms with E-state index in [2.05, 4.69) is 10.3 Å². The predicted molar refractivity (Wildman–Crippen MR) is 99.3 cm³/mol. The summed E-state index contributed by atoms with van der Waals surface area (Å²) in [4.78, 5) is 16.5. The SMILES string of the molecule is CCOCc1ccc(CNC(=O)Cc2coc(-c3ccccc3)n2)cc1. The summed E-state index contributed by atoms with van der Waals surface area (Å²) >= 11 is 0. The quantitative estimate of drug-likeness (QED) is 0.672. The highest BCUT2D eigenvalue weighted by Crippen LogP contribution is 2.18. The number of hydrogen-bond donors (Lipinski definition) is 1. The maximum atomic E-state index is 12.1. The molecule has 2 aromatic carbocycles. The number of amides is 1. The molecule has 5 nitrogen and oxygen atoms in total. The first-order valence-corrected chi connectivity index (χ1v) is 8.66. The van der Waals surface area contributed by atoms with E-state index in [1.165, 1.54) is 6.26 Å². The minimum Gasteiger partial charge on any atom is -0.444 e. The van der Waals surface area contributed by atoms with Gasteiger partial charge in [-0.1, -0.05) is 42.5 Å². The van der Waals surface area contributed by atoms with Crippen LogP contribution in [0.1, 0.15) is 23.7 Å². The number of rotatable bonds is 8. The van der Waals surface area contributed by atoms with Crippen LogP contribution in [0.5, 0.6) is 0 Å². The second-order valence-electron chi connectivity index (χ2n) is 5.92. The van der Waals surface area contributed by atoms with E-state index in [1.807, 2.05) is 61.5 Å². The van der Waals surface area contributed by atoms with Crippen molar-refractivity contribution in [3.05, 3.63) is 77.7 Å². The highest BCUT2D eigenvalue weighted by atomic mass is 16.5. The molecule has 0 aliphatic carbocycles. The van der Waals surface area contributed by atoms with Gasteiger partial charge in [-0.2, -0.15) is 0 Å². The van der Waals surface area contributed by atoms with Crippen molar-refractivity contribution in [3.63, 3.8) is 0 Å². The van der Waals surface area contributed by atoms with Gasteiger partial charge in [0, 0.05) is 18.7 Å². The maximum absolute atomic E-state index is 12.1. The van der Waals surface area contributed by atoms with Crippen molar-refractivity contribution in [3.8, 4) is 11.5 Å². The van der Waals surface area contributed by atoms with Crippen LogP contribution >= 0.6 is 0 Å². The second kappa shape index (κ2) is 8.97. The van der Waals surface area contributed by atoms with Crippen LogP contribution in [0, 0.1) is 0 Å². The van der Waals surface area contributed by atoms with Gasteiger partial charge in [0.2, 0.25) is 11.8 Å². The lowest BCUT2D eigenvalue weighted by Crippen LogP contribution is -2.24. The minimum atomic E-state index is -0.0868. The molecule has 0 bridgehead atoms. The number of carbonyl (C=O) groups excluding carboxylic acids is 1. The third kappa shape index (κ3) is 5.04. The predicted octanol–water partition coefficient (Wildman–Crippen LogP) is 3.74. The van der Waals surface area contributed by atoms with Crippen LogP contribution in [0.3, 0.4) is 0 Å². The molecule has 0 saturated carbocycles. The lowest BCUT2D eigenvalue weighted by Gasteiger charge is -2.06. The molecule has 0 radical (unpaired) electrons. The van der Waals surface area contributed by atoms with Crippen molar-refractivity contribution in [2.45, 2.75) is 26.5 Å². The molecule has 3 aromatic rings. The van der Waals surface area contributed by atoms with Crippen molar-refractivity contribution in [1.82, 2.24) is 10.3 Å². The minimum absolute atomic E-state index is 0.0868. The van der Waals surface area contributed by atoms with Crippen LogP contribution < -0.4 is 5.32 Å². The first kappa shape index (κ1) is 17.9. The van der Waals surface area contributed by atoms with Crippen LogP contribution in [0.4, 0.5) is 0 Å². The van der Waals surface area contributed by atoms with E-state index < -0.39 is 0 Å². The molecule has 134 valence electrons. The number of nitrogens with zero attached hydrogens (tertiary/aromatic N) is 1. The Morgan fingerprint density at radius 1 is 1.08 bits per heavy atom. The number of oxazole rings is 1. The molecule has 0 aliphatic rings. The lowest BCUT2D eigenvalue weighted by atomic mass is 10.1. The van der Waals surface area contributed by atoms with Crippen molar-refractivity contribution in [2.75, 3.05) is 6.61 Å². The lowest BCUT2D eigenvalue weighted by molar-refractivity contribution is -0.120. The van der Waals surface area contributed by atoms with Crippen molar-refractivity contribution >= 4 is 5.91 Å². The summed E-state index contributed by atoms with van der Waals surface area (Å²) in [5.41, 5.74) is 3.68. The maximum Gasteiger partial charge on any atom is 0.226 e. The zero-order chi connectivity index (χ0) is 18.2. The fourth-order valence-electron chi connectivity index (χ4n) is 2.50. The molecule has 26 heavy (non-hydrogen) atoms. The fourth-order valence-corrected chi connectivity index (χ4v) is 2.50. The molecule has 3 rings (SSSR count). The monoisotopic (exact) mass is 350 g/mol. The Morgan fingerprint density at radius 3 is 2.54 bits per heavy atom. The number of hydrogen-bond acceptors (Lipinski definition) is 4. The Balaban J connectivity index is 1.49. The summed E-state index contributed by atoms with van der Waals surface area (Å²) in [6, 6.07) is 17.6. The highest BCUT2D eigenvalue weighted by Gasteiger charge is 2.10. The van der Waals surface area contributed by atoms with Gasteiger partial charge in [-0.15, -0.1) is 0 Å². The van der Waals surface area contributed by atoms with Gasteiger partial charge in [0.1, 0.15) is 6.26 Å². The molecule has 1 N–H and O–H groups in total. The average molecular weight is 350 g/mol.